The van der Waals surface area contributed by atoms with E-state index in [2.05, 4.69) is 45.2 Å². The molecule has 100 valence electrons. The SMILES string of the molecule is CCC1CCC(C=CCCNC(C)(C)C)CC1. The fraction of sp³-hybridized carbons (Fsp3) is 0.875. The van der Waals surface area contributed by atoms with Gasteiger partial charge in [-0.05, 0) is 71.3 Å². The lowest BCUT2D eigenvalue weighted by Crippen LogP contribution is -2.36. The van der Waals surface area contributed by atoms with Crippen LogP contribution in [0.25, 0.3) is 0 Å². The Labute approximate surface area is 108 Å². The quantitative estimate of drug-likeness (QED) is 0.547. The van der Waals surface area contributed by atoms with Crippen LogP contribution in [0.4, 0.5) is 0 Å². The number of hydrogen-bond acceptors (Lipinski definition) is 1. The van der Waals surface area contributed by atoms with E-state index in [4.69, 9.17) is 0 Å². The van der Waals surface area contributed by atoms with Crippen molar-refractivity contribution >= 4 is 0 Å². The van der Waals surface area contributed by atoms with E-state index in [1.165, 1.54) is 38.5 Å². The molecule has 0 aliphatic heterocycles. The van der Waals surface area contributed by atoms with Crippen LogP contribution in [0.5, 0.6) is 0 Å². The maximum atomic E-state index is 3.52. The first kappa shape index (κ1) is 14.8. The molecule has 1 aliphatic carbocycles. The summed E-state index contributed by atoms with van der Waals surface area (Å²) in [5.41, 5.74) is 0.257. The first-order valence-electron chi connectivity index (χ1n) is 7.43. The average Bonchev–Trinajstić information content (AvgIpc) is 2.28. The Morgan fingerprint density at radius 2 is 1.76 bits per heavy atom. The van der Waals surface area contributed by atoms with Crippen molar-refractivity contribution in [1.82, 2.24) is 5.32 Å². The highest BCUT2D eigenvalue weighted by Crippen LogP contribution is 2.31. The minimum absolute atomic E-state index is 0.257. The maximum absolute atomic E-state index is 3.52. The summed E-state index contributed by atoms with van der Waals surface area (Å²) in [6.07, 6.45) is 13.1. The van der Waals surface area contributed by atoms with Crippen molar-refractivity contribution in [3.63, 3.8) is 0 Å². The van der Waals surface area contributed by atoms with E-state index in [-0.39, 0.29) is 5.54 Å². The van der Waals surface area contributed by atoms with Gasteiger partial charge in [0.1, 0.15) is 0 Å². The fourth-order valence-corrected chi connectivity index (χ4v) is 2.61. The maximum Gasteiger partial charge on any atom is 0.00966 e. The summed E-state index contributed by atoms with van der Waals surface area (Å²) in [7, 11) is 0. The van der Waals surface area contributed by atoms with Crippen LogP contribution in [0, 0.1) is 11.8 Å². The van der Waals surface area contributed by atoms with E-state index in [0.717, 1.165) is 18.4 Å². The molecule has 1 saturated carbocycles. The van der Waals surface area contributed by atoms with Crippen molar-refractivity contribution in [2.75, 3.05) is 6.54 Å². The van der Waals surface area contributed by atoms with Crippen molar-refractivity contribution in [2.24, 2.45) is 11.8 Å². The minimum Gasteiger partial charge on any atom is -0.312 e. The van der Waals surface area contributed by atoms with Gasteiger partial charge >= 0.3 is 0 Å². The van der Waals surface area contributed by atoms with Gasteiger partial charge < -0.3 is 5.32 Å². The predicted molar refractivity (Wildman–Crippen MR) is 77.3 cm³/mol. The Balaban J connectivity index is 2.09. The predicted octanol–water partition coefficient (Wildman–Crippen LogP) is 4.54. The molecule has 0 aromatic heterocycles. The van der Waals surface area contributed by atoms with Crippen LogP contribution >= 0.6 is 0 Å². The van der Waals surface area contributed by atoms with Gasteiger partial charge in [0.15, 0.2) is 0 Å². The van der Waals surface area contributed by atoms with E-state index >= 15 is 0 Å². The van der Waals surface area contributed by atoms with Crippen molar-refractivity contribution in [3.05, 3.63) is 12.2 Å². The summed E-state index contributed by atoms with van der Waals surface area (Å²) >= 11 is 0. The van der Waals surface area contributed by atoms with E-state index in [9.17, 15) is 0 Å². The molecule has 1 aliphatic rings. The largest absolute Gasteiger partial charge is 0.312 e. The summed E-state index contributed by atoms with van der Waals surface area (Å²) in [6.45, 7) is 10.1. The lowest BCUT2D eigenvalue weighted by Gasteiger charge is -2.25. The van der Waals surface area contributed by atoms with Crippen LogP contribution in [0.1, 0.15) is 66.2 Å². The molecule has 0 radical (unpaired) electrons. The highest BCUT2D eigenvalue weighted by atomic mass is 14.9. The number of allylic oxidation sites excluding steroid dienone is 1. The van der Waals surface area contributed by atoms with E-state index in [1.807, 2.05) is 0 Å². The van der Waals surface area contributed by atoms with Crippen LogP contribution in [0.2, 0.25) is 0 Å². The van der Waals surface area contributed by atoms with Crippen molar-refractivity contribution in [2.45, 2.75) is 71.8 Å². The van der Waals surface area contributed by atoms with Gasteiger partial charge in [-0.3, -0.25) is 0 Å². The molecule has 0 heterocycles. The molecule has 1 heteroatoms. The summed E-state index contributed by atoms with van der Waals surface area (Å²) in [5.74, 6) is 1.88. The first-order chi connectivity index (χ1) is 8.01. The third-order valence-corrected chi connectivity index (χ3v) is 3.84. The van der Waals surface area contributed by atoms with Crippen LogP contribution in [-0.2, 0) is 0 Å². The summed E-state index contributed by atoms with van der Waals surface area (Å²) in [5, 5.41) is 3.52. The lowest BCUT2D eigenvalue weighted by molar-refractivity contribution is 0.303. The van der Waals surface area contributed by atoms with Gasteiger partial charge in [-0.25, -0.2) is 0 Å². The number of hydrogen-bond donors (Lipinski definition) is 1. The molecule has 1 N–H and O–H groups in total. The second-order valence-electron chi connectivity index (χ2n) is 6.58. The molecule has 0 spiro atoms. The Morgan fingerprint density at radius 3 is 2.29 bits per heavy atom. The normalized spacial score (nSPS) is 26.6. The molecule has 0 saturated heterocycles. The molecule has 0 bridgehead atoms. The van der Waals surface area contributed by atoms with E-state index < -0.39 is 0 Å². The topological polar surface area (TPSA) is 12.0 Å². The van der Waals surface area contributed by atoms with Gasteiger partial charge in [-0.1, -0.05) is 25.5 Å². The average molecular weight is 237 g/mol. The third kappa shape index (κ3) is 6.88. The molecule has 0 amide bonds. The number of nitrogens with one attached hydrogen (secondary N) is 1. The summed E-state index contributed by atoms with van der Waals surface area (Å²) in [6, 6.07) is 0. The second kappa shape index (κ2) is 7.20. The molecule has 17 heavy (non-hydrogen) atoms. The fourth-order valence-electron chi connectivity index (χ4n) is 2.61. The molecular formula is C16H31N. The van der Waals surface area contributed by atoms with Crippen molar-refractivity contribution < 1.29 is 0 Å². The van der Waals surface area contributed by atoms with Crippen LogP contribution in [-0.4, -0.2) is 12.1 Å². The molecule has 0 aromatic rings. The molecule has 0 atom stereocenters. The highest BCUT2D eigenvalue weighted by molar-refractivity contribution is 4.91. The Bertz CT molecular complexity index is 216. The summed E-state index contributed by atoms with van der Waals surface area (Å²) < 4.78 is 0. The van der Waals surface area contributed by atoms with E-state index in [1.54, 1.807) is 0 Å². The van der Waals surface area contributed by atoms with Crippen molar-refractivity contribution in [3.8, 4) is 0 Å². The van der Waals surface area contributed by atoms with Crippen molar-refractivity contribution in [1.29, 1.82) is 0 Å². The highest BCUT2D eigenvalue weighted by Gasteiger charge is 2.17. The molecule has 1 rings (SSSR count). The van der Waals surface area contributed by atoms with Gasteiger partial charge in [-0.15, -0.1) is 0 Å². The van der Waals surface area contributed by atoms with Gasteiger partial charge in [0.2, 0.25) is 0 Å². The Morgan fingerprint density at radius 1 is 1.12 bits per heavy atom. The van der Waals surface area contributed by atoms with Crippen LogP contribution in [0.15, 0.2) is 12.2 Å². The third-order valence-electron chi connectivity index (χ3n) is 3.84. The molecular weight excluding hydrogens is 206 g/mol. The zero-order valence-electron chi connectivity index (χ0n) is 12.3. The minimum atomic E-state index is 0.257. The van der Waals surface area contributed by atoms with Gasteiger partial charge in [0, 0.05) is 5.54 Å². The van der Waals surface area contributed by atoms with Gasteiger partial charge in [0.05, 0.1) is 0 Å². The molecule has 1 nitrogen and oxygen atoms in total. The standard InChI is InChI=1S/C16H31N/c1-5-14-9-11-15(12-10-14)8-6-7-13-17-16(2,3)4/h6,8,14-15,17H,5,7,9-13H2,1-4H3. The molecule has 0 unspecified atom stereocenters. The Kier molecular flexibility index (Phi) is 6.26. The smallest absolute Gasteiger partial charge is 0.00966 e. The zero-order valence-corrected chi connectivity index (χ0v) is 12.3. The first-order valence-corrected chi connectivity index (χ1v) is 7.43. The van der Waals surface area contributed by atoms with Gasteiger partial charge in [0.25, 0.3) is 0 Å². The van der Waals surface area contributed by atoms with E-state index in [0.29, 0.717) is 0 Å². The Hall–Kier alpha value is -0.300. The number of rotatable bonds is 5. The van der Waals surface area contributed by atoms with Gasteiger partial charge in [-0.2, -0.15) is 0 Å². The second-order valence-corrected chi connectivity index (χ2v) is 6.58. The molecule has 1 fully saturated rings. The summed E-state index contributed by atoms with van der Waals surface area (Å²) in [4.78, 5) is 0. The lowest BCUT2D eigenvalue weighted by atomic mass is 9.81. The van der Waals surface area contributed by atoms with Crippen LogP contribution < -0.4 is 5.32 Å². The zero-order chi connectivity index (χ0) is 12.7. The van der Waals surface area contributed by atoms with Crippen LogP contribution in [0.3, 0.4) is 0 Å². The monoisotopic (exact) mass is 237 g/mol. The molecule has 0 aromatic carbocycles.